The molecule has 0 spiro atoms. The first-order valence-corrected chi connectivity index (χ1v) is 11.0. The van der Waals surface area contributed by atoms with E-state index in [1.807, 2.05) is 6.07 Å². The van der Waals surface area contributed by atoms with Gasteiger partial charge in [-0.05, 0) is 40.2 Å². The van der Waals surface area contributed by atoms with Gasteiger partial charge >= 0.3 is 0 Å². The predicted molar refractivity (Wildman–Crippen MR) is 123 cm³/mol. The average molecular weight is 519 g/mol. The molecule has 0 bridgehead atoms. The summed E-state index contributed by atoms with van der Waals surface area (Å²) in [5, 5.41) is 0.437. The summed E-state index contributed by atoms with van der Waals surface area (Å²) in [6.45, 7) is 0. The van der Waals surface area contributed by atoms with Gasteiger partial charge in [-0.25, -0.2) is 14.4 Å². The molecule has 0 aliphatic carbocycles. The van der Waals surface area contributed by atoms with Crippen molar-refractivity contribution in [2.75, 3.05) is 14.2 Å². The Morgan fingerprint density at radius 3 is 2.77 bits per heavy atom. The maximum atomic E-state index is 12.9. The lowest BCUT2D eigenvalue weighted by Crippen LogP contribution is -2.22. The third-order valence-electron chi connectivity index (χ3n) is 4.69. The highest BCUT2D eigenvalue weighted by Gasteiger charge is 2.16. The Hall–Kier alpha value is -2.88. The van der Waals surface area contributed by atoms with Crippen molar-refractivity contribution in [2.45, 2.75) is 0 Å². The van der Waals surface area contributed by atoms with Gasteiger partial charge in [0, 0.05) is 22.8 Å². The second-order valence-corrected chi connectivity index (χ2v) is 8.86. The molecule has 31 heavy (non-hydrogen) atoms. The number of rotatable bonds is 4. The van der Waals surface area contributed by atoms with Crippen molar-refractivity contribution in [1.82, 2.24) is 14.4 Å². The topological polar surface area (TPSA) is 78.9 Å². The lowest BCUT2D eigenvalue weighted by atomic mass is 10.1. The lowest BCUT2D eigenvalue weighted by Gasteiger charge is -2.10. The molecule has 7 nitrogen and oxygen atoms in total. The zero-order chi connectivity index (χ0) is 21.7. The molecule has 0 aliphatic rings. The highest BCUT2D eigenvalue weighted by atomic mass is 79.9. The second kappa shape index (κ2) is 7.67. The van der Waals surface area contributed by atoms with Gasteiger partial charge in [-0.15, -0.1) is 0 Å². The molecular formula is C21H13BrClN3O4S. The molecule has 0 saturated carbocycles. The Morgan fingerprint density at radius 1 is 1.19 bits per heavy atom. The lowest BCUT2D eigenvalue weighted by molar-refractivity contribution is 0.403. The molecule has 4 aromatic heterocycles. The van der Waals surface area contributed by atoms with Gasteiger partial charge in [-0.1, -0.05) is 22.9 Å². The summed E-state index contributed by atoms with van der Waals surface area (Å²) >= 11 is 10.8. The Labute approximate surface area is 192 Å². The molecule has 0 radical (unpaired) electrons. The van der Waals surface area contributed by atoms with Crippen LogP contribution in [0.5, 0.6) is 11.5 Å². The minimum Gasteiger partial charge on any atom is -0.496 e. The first-order chi connectivity index (χ1) is 15.0. The minimum atomic E-state index is -0.194. The number of aromatic nitrogens is 3. The quantitative estimate of drug-likeness (QED) is 0.347. The largest absolute Gasteiger partial charge is 0.496 e. The monoisotopic (exact) mass is 517 g/mol. The van der Waals surface area contributed by atoms with Crippen LogP contribution in [0.2, 0.25) is 5.02 Å². The fourth-order valence-corrected chi connectivity index (χ4v) is 4.78. The Bertz CT molecular complexity index is 1570. The summed E-state index contributed by atoms with van der Waals surface area (Å²) in [5.74, 6) is 2.14. The van der Waals surface area contributed by atoms with Crippen molar-refractivity contribution in [3.05, 3.63) is 66.7 Å². The number of hydrogen-bond acceptors (Lipinski definition) is 7. The van der Waals surface area contributed by atoms with E-state index in [1.165, 1.54) is 15.7 Å². The molecule has 5 rings (SSSR count). The van der Waals surface area contributed by atoms with Crippen LogP contribution >= 0.6 is 38.9 Å². The third kappa shape index (κ3) is 3.38. The Kier molecular flexibility index (Phi) is 4.96. The summed E-state index contributed by atoms with van der Waals surface area (Å²) in [6.07, 6.45) is 3.33. The molecule has 10 heteroatoms. The zero-order valence-electron chi connectivity index (χ0n) is 16.2. The van der Waals surface area contributed by atoms with Gasteiger partial charge in [-0.3, -0.25) is 4.79 Å². The van der Waals surface area contributed by atoms with E-state index < -0.39 is 0 Å². The molecule has 0 atom stereocenters. The molecule has 0 unspecified atom stereocenters. The van der Waals surface area contributed by atoms with Gasteiger partial charge in [0.05, 0.1) is 24.8 Å². The summed E-state index contributed by atoms with van der Waals surface area (Å²) in [4.78, 5) is 22.3. The maximum absolute atomic E-state index is 12.9. The van der Waals surface area contributed by atoms with E-state index in [1.54, 1.807) is 50.8 Å². The van der Waals surface area contributed by atoms with Crippen LogP contribution in [0.15, 0.2) is 50.2 Å². The van der Waals surface area contributed by atoms with E-state index in [9.17, 15) is 4.79 Å². The predicted octanol–water partition coefficient (Wildman–Crippen LogP) is 4.55. The Morgan fingerprint density at radius 2 is 2.00 bits per heavy atom. The summed E-state index contributed by atoms with van der Waals surface area (Å²) in [5.41, 5.74) is 1.68. The van der Waals surface area contributed by atoms with Crippen molar-refractivity contribution in [2.24, 2.45) is 0 Å². The van der Waals surface area contributed by atoms with E-state index >= 15 is 0 Å². The molecule has 0 aliphatic heterocycles. The fourth-order valence-electron chi connectivity index (χ4n) is 3.27. The first kappa shape index (κ1) is 20.0. The summed E-state index contributed by atoms with van der Waals surface area (Å²) < 4.78 is 19.5. The Balaban J connectivity index is 1.60. The van der Waals surface area contributed by atoms with Crippen LogP contribution in [0.1, 0.15) is 5.76 Å². The summed E-state index contributed by atoms with van der Waals surface area (Å²) in [6, 6.07) is 8.83. The number of nitrogens with zero attached hydrogens (tertiary/aromatic N) is 3. The first-order valence-electron chi connectivity index (χ1n) is 8.98. The van der Waals surface area contributed by atoms with Crippen molar-refractivity contribution in [1.29, 1.82) is 0 Å². The van der Waals surface area contributed by atoms with E-state index in [0.29, 0.717) is 54.3 Å². The fraction of sp³-hybridized carbons (Fsp3) is 0.0952. The van der Waals surface area contributed by atoms with Crippen LogP contribution in [-0.4, -0.2) is 28.6 Å². The third-order valence-corrected chi connectivity index (χ3v) is 6.39. The normalized spacial score (nSPS) is 12.2. The van der Waals surface area contributed by atoms with Crippen LogP contribution < -0.4 is 19.6 Å². The minimum absolute atomic E-state index is 0.194. The number of ether oxygens (including phenoxy) is 2. The van der Waals surface area contributed by atoms with E-state index in [2.05, 4.69) is 25.9 Å². The van der Waals surface area contributed by atoms with Crippen LogP contribution in [0.4, 0.5) is 0 Å². The molecule has 1 aromatic carbocycles. The number of imidazole rings is 1. The molecule has 5 aromatic rings. The molecule has 156 valence electrons. The van der Waals surface area contributed by atoms with Gasteiger partial charge in [-0.2, -0.15) is 0 Å². The van der Waals surface area contributed by atoms with Crippen molar-refractivity contribution < 1.29 is 13.9 Å². The van der Waals surface area contributed by atoms with Crippen molar-refractivity contribution >= 4 is 61.1 Å². The molecule has 0 saturated heterocycles. The molecule has 0 amide bonds. The standard InChI is InChI=1S/C21H13BrClN3O4S/c1-28-16-8-13(23)17(29-2)7-12(16)15-4-3-11(30-15)6-18-20(27)26-19-14(25-21(26)31-18)5-10(22)9-24-19/h3-9H,1-2H3. The zero-order valence-corrected chi connectivity index (χ0v) is 19.3. The highest BCUT2D eigenvalue weighted by molar-refractivity contribution is 9.10. The number of hydrogen-bond donors (Lipinski definition) is 0. The van der Waals surface area contributed by atoms with Gasteiger partial charge in [0.1, 0.15) is 33.1 Å². The van der Waals surface area contributed by atoms with Crippen LogP contribution in [0, 0.1) is 0 Å². The van der Waals surface area contributed by atoms with E-state index in [0.717, 1.165) is 4.47 Å². The van der Waals surface area contributed by atoms with Gasteiger partial charge < -0.3 is 13.9 Å². The number of benzene rings is 1. The van der Waals surface area contributed by atoms with Crippen molar-refractivity contribution in [3.63, 3.8) is 0 Å². The highest BCUT2D eigenvalue weighted by Crippen LogP contribution is 2.39. The molecule has 0 fully saturated rings. The van der Waals surface area contributed by atoms with E-state index in [4.69, 9.17) is 25.5 Å². The van der Waals surface area contributed by atoms with E-state index in [-0.39, 0.29) is 5.56 Å². The van der Waals surface area contributed by atoms with Gasteiger partial charge in [0.15, 0.2) is 10.6 Å². The van der Waals surface area contributed by atoms with Gasteiger partial charge in [0.2, 0.25) is 0 Å². The SMILES string of the molecule is COc1cc(-c2ccc(C=c3sc4nc5cc(Br)cnc5n4c3=O)o2)c(OC)cc1Cl. The number of halogens is 2. The summed E-state index contributed by atoms with van der Waals surface area (Å²) in [7, 11) is 3.10. The molecule has 0 N–H and O–H groups in total. The van der Waals surface area contributed by atoms with Gasteiger partial charge in [0.25, 0.3) is 5.56 Å². The number of methoxy groups -OCH3 is 2. The van der Waals surface area contributed by atoms with Crippen molar-refractivity contribution in [3.8, 4) is 22.8 Å². The number of pyridine rings is 1. The molecule has 4 heterocycles. The van der Waals surface area contributed by atoms with Crippen LogP contribution in [-0.2, 0) is 0 Å². The van der Waals surface area contributed by atoms with Crippen LogP contribution in [0.25, 0.3) is 33.5 Å². The van der Waals surface area contributed by atoms with Crippen LogP contribution in [0.3, 0.4) is 0 Å². The smallest absolute Gasteiger partial charge is 0.276 e. The average Bonchev–Trinajstić information content (AvgIpc) is 3.43. The number of fused-ring (bicyclic) bond motifs is 3. The number of furan rings is 1. The molecular weight excluding hydrogens is 506 g/mol. The number of thiazole rings is 1. The second-order valence-electron chi connectivity index (χ2n) is 6.53. The maximum Gasteiger partial charge on any atom is 0.276 e.